The minimum atomic E-state index is -3.68. The van der Waals surface area contributed by atoms with E-state index in [0.717, 1.165) is 5.56 Å². The number of thiocarbonyl (C=S) groups is 1. The van der Waals surface area contributed by atoms with Crippen LogP contribution in [0.2, 0.25) is 0 Å². The van der Waals surface area contributed by atoms with Crippen molar-refractivity contribution in [3.8, 4) is 0 Å². The molecule has 1 aromatic carbocycles. The lowest BCUT2D eigenvalue weighted by atomic mass is 10.2. The number of nitrogens with two attached hydrogens (primary N) is 2. The van der Waals surface area contributed by atoms with Gasteiger partial charge in [-0.05, 0) is 23.8 Å². The van der Waals surface area contributed by atoms with E-state index in [9.17, 15) is 8.42 Å². The minimum Gasteiger partial charge on any atom is -0.389 e. The Balaban J connectivity index is 2.12. The molecule has 0 saturated heterocycles. The number of anilines is 1. The summed E-state index contributed by atoms with van der Waals surface area (Å²) in [6.07, 6.45) is 1.50. The Morgan fingerprint density at radius 2 is 1.90 bits per heavy atom. The quantitative estimate of drug-likeness (QED) is 0.679. The molecule has 0 aliphatic rings. The van der Waals surface area contributed by atoms with Crippen LogP contribution in [0.3, 0.4) is 0 Å². The van der Waals surface area contributed by atoms with Gasteiger partial charge in [0.25, 0.3) is 0 Å². The van der Waals surface area contributed by atoms with Crippen molar-refractivity contribution >= 4 is 33.0 Å². The zero-order valence-corrected chi connectivity index (χ0v) is 12.5. The highest BCUT2D eigenvalue weighted by Gasteiger charge is 2.08. The molecular formula is C12H13N5O2S2. The Bertz CT molecular complexity index is 759. The number of hydrogen-bond acceptors (Lipinski definition) is 6. The van der Waals surface area contributed by atoms with Crippen LogP contribution in [-0.2, 0) is 16.6 Å². The van der Waals surface area contributed by atoms with Gasteiger partial charge < -0.3 is 11.1 Å². The molecular weight excluding hydrogens is 310 g/mol. The third-order valence-corrected chi connectivity index (χ3v) is 3.85. The molecule has 1 heterocycles. The summed E-state index contributed by atoms with van der Waals surface area (Å²) < 4.78 is 22.3. The van der Waals surface area contributed by atoms with Crippen molar-refractivity contribution in [3.63, 3.8) is 0 Å². The molecule has 0 aliphatic heterocycles. The van der Waals surface area contributed by atoms with Gasteiger partial charge in [-0.25, -0.2) is 13.6 Å². The summed E-state index contributed by atoms with van der Waals surface area (Å²) in [5.74, 6) is 0.473. The molecule has 2 rings (SSSR count). The van der Waals surface area contributed by atoms with Gasteiger partial charge in [-0.1, -0.05) is 24.4 Å². The molecule has 0 unspecified atom stereocenters. The Morgan fingerprint density at radius 3 is 2.48 bits per heavy atom. The molecule has 7 nitrogen and oxygen atoms in total. The van der Waals surface area contributed by atoms with Crippen LogP contribution in [0.4, 0.5) is 5.82 Å². The average molecular weight is 323 g/mol. The van der Waals surface area contributed by atoms with E-state index in [0.29, 0.717) is 17.9 Å². The third-order valence-electron chi connectivity index (χ3n) is 2.70. The van der Waals surface area contributed by atoms with E-state index >= 15 is 0 Å². The van der Waals surface area contributed by atoms with Crippen LogP contribution >= 0.6 is 12.2 Å². The molecule has 0 fully saturated rings. The van der Waals surface area contributed by atoms with Gasteiger partial charge in [-0.2, -0.15) is 5.10 Å². The monoisotopic (exact) mass is 323 g/mol. The van der Waals surface area contributed by atoms with Crippen LogP contribution in [0.1, 0.15) is 11.1 Å². The summed E-state index contributed by atoms with van der Waals surface area (Å²) in [5.41, 5.74) is 7.04. The average Bonchev–Trinajstić information content (AvgIpc) is 2.45. The maximum atomic E-state index is 11.2. The molecule has 0 aliphatic carbocycles. The Morgan fingerprint density at radius 1 is 1.24 bits per heavy atom. The highest BCUT2D eigenvalue weighted by atomic mass is 32.2. The Kier molecular flexibility index (Phi) is 4.46. The fourth-order valence-electron chi connectivity index (χ4n) is 1.64. The topological polar surface area (TPSA) is 124 Å². The summed E-state index contributed by atoms with van der Waals surface area (Å²) in [7, 11) is -3.68. The SMILES string of the molecule is NC(=S)c1ccnnc1NCc1ccc(S(N)(=O)=O)cc1. The van der Waals surface area contributed by atoms with Gasteiger partial charge in [-0.3, -0.25) is 0 Å². The molecule has 9 heteroatoms. The lowest BCUT2D eigenvalue weighted by Gasteiger charge is -2.09. The first-order valence-electron chi connectivity index (χ1n) is 5.85. The van der Waals surface area contributed by atoms with Crippen LogP contribution < -0.4 is 16.2 Å². The largest absolute Gasteiger partial charge is 0.389 e. The molecule has 5 N–H and O–H groups in total. The lowest BCUT2D eigenvalue weighted by Crippen LogP contribution is -2.15. The van der Waals surface area contributed by atoms with Gasteiger partial charge in [0.2, 0.25) is 10.0 Å². The molecule has 0 spiro atoms. The molecule has 0 bridgehead atoms. The van der Waals surface area contributed by atoms with Crippen molar-refractivity contribution in [1.29, 1.82) is 0 Å². The van der Waals surface area contributed by atoms with Crippen LogP contribution in [-0.4, -0.2) is 23.6 Å². The maximum absolute atomic E-state index is 11.2. The number of primary sulfonamides is 1. The molecule has 0 amide bonds. The first-order valence-corrected chi connectivity index (χ1v) is 7.80. The predicted octanol–water partition coefficient (Wildman–Crippen LogP) is 0.370. The van der Waals surface area contributed by atoms with Crippen molar-refractivity contribution in [2.75, 3.05) is 5.32 Å². The fraction of sp³-hybridized carbons (Fsp3) is 0.0833. The summed E-state index contributed by atoms with van der Waals surface area (Å²) in [4.78, 5) is 0.284. The number of rotatable bonds is 5. The summed E-state index contributed by atoms with van der Waals surface area (Å²) >= 11 is 4.93. The highest BCUT2D eigenvalue weighted by molar-refractivity contribution is 7.89. The van der Waals surface area contributed by atoms with E-state index in [-0.39, 0.29) is 9.88 Å². The van der Waals surface area contributed by atoms with E-state index in [1.54, 1.807) is 18.2 Å². The molecule has 21 heavy (non-hydrogen) atoms. The first kappa shape index (κ1) is 15.3. The molecule has 1 aromatic heterocycles. The zero-order valence-electron chi connectivity index (χ0n) is 10.9. The summed E-state index contributed by atoms with van der Waals surface area (Å²) in [6, 6.07) is 7.86. The Labute approximate surface area is 127 Å². The highest BCUT2D eigenvalue weighted by Crippen LogP contribution is 2.13. The van der Waals surface area contributed by atoms with E-state index in [4.69, 9.17) is 23.1 Å². The second-order valence-electron chi connectivity index (χ2n) is 4.20. The number of benzene rings is 1. The van der Waals surface area contributed by atoms with E-state index < -0.39 is 10.0 Å². The third kappa shape index (κ3) is 3.94. The van der Waals surface area contributed by atoms with Crippen molar-refractivity contribution < 1.29 is 8.42 Å². The number of nitrogens with zero attached hydrogens (tertiary/aromatic N) is 2. The van der Waals surface area contributed by atoms with Crippen molar-refractivity contribution in [2.24, 2.45) is 10.9 Å². The fourth-order valence-corrected chi connectivity index (χ4v) is 2.32. The summed E-state index contributed by atoms with van der Waals surface area (Å²) in [5, 5.41) is 15.8. The van der Waals surface area contributed by atoms with Crippen LogP contribution in [0.5, 0.6) is 0 Å². The molecule has 0 radical (unpaired) electrons. The van der Waals surface area contributed by atoms with Crippen molar-refractivity contribution in [1.82, 2.24) is 10.2 Å². The second kappa shape index (κ2) is 6.12. The van der Waals surface area contributed by atoms with Crippen LogP contribution in [0.15, 0.2) is 41.4 Å². The van der Waals surface area contributed by atoms with E-state index in [1.807, 2.05) is 0 Å². The van der Waals surface area contributed by atoms with E-state index in [2.05, 4.69) is 15.5 Å². The maximum Gasteiger partial charge on any atom is 0.238 e. The molecule has 110 valence electrons. The van der Waals surface area contributed by atoms with Gasteiger partial charge in [0, 0.05) is 6.54 Å². The first-order chi connectivity index (χ1) is 9.88. The van der Waals surface area contributed by atoms with Gasteiger partial charge in [-0.15, -0.1) is 5.10 Å². The zero-order chi connectivity index (χ0) is 15.5. The number of aromatic nitrogens is 2. The van der Waals surface area contributed by atoms with Gasteiger partial charge in [0.05, 0.1) is 16.7 Å². The van der Waals surface area contributed by atoms with Crippen LogP contribution in [0, 0.1) is 0 Å². The number of nitrogens with one attached hydrogen (secondary N) is 1. The number of sulfonamides is 1. The van der Waals surface area contributed by atoms with Gasteiger partial charge in [0.1, 0.15) is 4.99 Å². The standard InChI is InChI=1S/C12H13N5O2S2/c13-11(20)10-5-6-16-17-12(10)15-7-8-1-3-9(4-2-8)21(14,18)19/h1-6H,7H2,(H2,13,20)(H,15,17)(H2,14,18,19). The smallest absolute Gasteiger partial charge is 0.238 e. The second-order valence-corrected chi connectivity index (χ2v) is 6.20. The summed E-state index contributed by atoms with van der Waals surface area (Å²) in [6.45, 7) is 0.416. The Hall–Kier alpha value is -2.10. The van der Waals surface area contributed by atoms with Gasteiger partial charge >= 0.3 is 0 Å². The van der Waals surface area contributed by atoms with Gasteiger partial charge in [0.15, 0.2) is 5.82 Å². The molecule has 0 saturated carbocycles. The molecule has 0 atom stereocenters. The van der Waals surface area contributed by atoms with Crippen molar-refractivity contribution in [3.05, 3.63) is 47.7 Å². The minimum absolute atomic E-state index is 0.0644. The lowest BCUT2D eigenvalue weighted by molar-refractivity contribution is 0.598. The van der Waals surface area contributed by atoms with E-state index in [1.165, 1.54) is 18.3 Å². The van der Waals surface area contributed by atoms with Crippen LogP contribution in [0.25, 0.3) is 0 Å². The number of hydrogen-bond donors (Lipinski definition) is 3. The predicted molar refractivity (Wildman–Crippen MR) is 83.1 cm³/mol. The molecule has 2 aromatic rings. The normalized spacial score (nSPS) is 11.1. The van der Waals surface area contributed by atoms with Crippen molar-refractivity contribution in [2.45, 2.75) is 11.4 Å².